The van der Waals surface area contributed by atoms with Crippen LogP contribution in [0.1, 0.15) is 0 Å². The molecule has 0 saturated carbocycles. The van der Waals surface area contributed by atoms with Gasteiger partial charge in [0.1, 0.15) is 6.61 Å². The third-order valence-electron chi connectivity index (χ3n) is 1.84. The van der Waals surface area contributed by atoms with Gasteiger partial charge in [0, 0.05) is 4.47 Å². The topological polar surface area (TPSA) is 55.8 Å². The van der Waals surface area contributed by atoms with E-state index in [1.165, 1.54) is 0 Å². The lowest BCUT2D eigenvalue weighted by atomic mass is 10.2. The highest BCUT2D eigenvalue weighted by molar-refractivity contribution is 9.10. The van der Waals surface area contributed by atoms with Gasteiger partial charge in [-0.15, -0.1) is 0 Å². The quantitative estimate of drug-likeness (QED) is 0.833. The van der Waals surface area contributed by atoms with Gasteiger partial charge < -0.3 is 14.6 Å². The molecule has 1 aliphatic heterocycles. The van der Waals surface area contributed by atoms with E-state index >= 15 is 0 Å². The van der Waals surface area contributed by atoms with Crippen molar-refractivity contribution in [3.05, 3.63) is 22.7 Å². The SMILES string of the molecule is O=C(O)C1COc2ccc(Br)cc2O1. The summed E-state index contributed by atoms with van der Waals surface area (Å²) in [5.41, 5.74) is 0. The number of carbonyl (C=O) groups is 1. The van der Waals surface area contributed by atoms with Crippen LogP contribution >= 0.6 is 15.9 Å². The summed E-state index contributed by atoms with van der Waals surface area (Å²) in [4.78, 5) is 10.6. The first-order valence-electron chi connectivity index (χ1n) is 3.98. The van der Waals surface area contributed by atoms with E-state index in [-0.39, 0.29) is 6.61 Å². The maximum absolute atomic E-state index is 10.6. The van der Waals surface area contributed by atoms with E-state index in [2.05, 4.69) is 15.9 Å². The molecule has 4 nitrogen and oxygen atoms in total. The molecule has 1 aliphatic rings. The van der Waals surface area contributed by atoms with Crippen LogP contribution in [0.2, 0.25) is 0 Å². The zero-order chi connectivity index (χ0) is 10.1. The average Bonchev–Trinajstić information content (AvgIpc) is 2.16. The second kappa shape index (κ2) is 3.49. The smallest absolute Gasteiger partial charge is 0.348 e. The first kappa shape index (κ1) is 9.33. The summed E-state index contributed by atoms with van der Waals surface area (Å²) < 4.78 is 11.3. The Hall–Kier alpha value is -1.23. The Kier molecular flexibility index (Phi) is 2.33. The third kappa shape index (κ3) is 1.68. The fraction of sp³-hybridized carbons (Fsp3) is 0.222. The van der Waals surface area contributed by atoms with Crippen LogP contribution in [0.4, 0.5) is 0 Å². The van der Waals surface area contributed by atoms with Gasteiger partial charge in [-0.3, -0.25) is 0 Å². The Morgan fingerprint density at radius 3 is 3.00 bits per heavy atom. The Labute approximate surface area is 88.6 Å². The normalized spacial score (nSPS) is 19.1. The molecule has 2 rings (SSSR count). The lowest BCUT2D eigenvalue weighted by molar-refractivity contribution is -0.147. The van der Waals surface area contributed by atoms with Crippen molar-refractivity contribution in [3.63, 3.8) is 0 Å². The lowest BCUT2D eigenvalue weighted by Crippen LogP contribution is -2.36. The minimum atomic E-state index is -1.02. The largest absolute Gasteiger partial charge is 0.485 e. The molecule has 0 aromatic heterocycles. The first-order chi connectivity index (χ1) is 6.66. The molecule has 0 aliphatic carbocycles. The monoisotopic (exact) mass is 258 g/mol. The molecule has 1 aromatic rings. The fourth-order valence-electron chi connectivity index (χ4n) is 1.17. The van der Waals surface area contributed by atoms with E-state index in [9.17, 15) is 4.79 Å². The number of rotatable bonds is 1. The Balaban J connectivity index is 2.29. The van der Waals surface area contributed by atoms with Crippen LogP contribution in [0.5, 0.6) is 11.5 Å². The Morgan fingerprint density at radius 2 is 2.29 bits per heavy atom. The average molecular weight is 259 g/mol. The number of benzene rings is 1. The second-order valence-electron chi connectivity index (χ2n) is 2.85. The predicted molar refractivity (Wildman–Crippen MR) is 51.7 cm³/mol. The highest BCUT2D eigenvalue weighted by atomic mass is 79.9. The van der Waals surface area contributed by atoms with Crippen LogP contribution in [-0.2, 0) is 4.79 Å². The number of hydrogen-bond acceptors (Lipinski definition) is 3. The Bertz CT molecular complexity index is 377. The molecule has 1 heterocycles. The summed E-state index contributed by atoms with van der Waals surface area (Å²) in [6.07, 6.45) is -0.920. The fourth-order valence-corrected chi connectivity index (χ4v) is 1.51. The highest BCUT2D eigenvalue weighted by Gasteiger charge is 2.26. The lowest BCUT2D eigenvalue weighted by Gasteiger charge is -2.23. The maximum Gasteiger partial charge on any atom is 0.348 e. The van der Waals surface area contributed by atoms with Crippen LogP contribution in [0.3, 0.4) is 0 Å². The number of fused-ring (bicyclic) bond motifs is 1. The van der Waals surface area contributed by atoms with Crippen LogP contribution in [-0.4, -0.2) is 23.8 Å². The van der Waals surface area contributed by atoms with Crippen LogP contribution in [0.15, 0.2) is 22.7 Å². The zero-order valence-corrected chi connectivity index (χ0v) is 8.65. The molecule has 1 atom stereocenters. The van der Waals surface area contributed by atoms with Gasteiger partial charge in [0.15, 0.2) is 11.5 Å². The van der Waals surface area contributed by atoms with Crippen LogP contribution in [0.25, 0.3) is 0 Å². The summed E-state index contributed by atoms with van der Waals surface area (Å²) in [5.74, 6) is 0.0133. The van der Waals surface area contributed by atoms with Gasteiger partial charge in [-0.1, -0.05) is 15.9 Å². The molecule has 0 radical (unpaired) electrons. The number of carboxylic acid groups (broad SMARTS) is 1. The van der Waals surface area contributed by atoms with Crippen molar-refractivity contribution in [1.29, 1.82) is 0 Å². The van der Waals surface area contributed by atoms with Gasteiger partial charge in [-0.2, -0.15) is 0 Å². The predicted octanol–water partition coefficient (Wildman–Crippen LogP) is 1.67. The number of hydrogen-bond donors (Lipinski definition) is 1. The van der Waals surface area contributed by atoms with Crippen molar-refractivity contribution in [3.8, 4) is 11.5 Å². The molecule has 0 spiro atoms. The van der Waals surface area contributed by atoms with Gasteiger partial charge in [-0.05, 0) is 18.2 Å². The molecule has 74 valence electrons. The van der Waals surface area contributed by atoms with Gasteiger partial charge in [-0.25, -0.2) is 4.79 Å². The number of ether oxygens (including phenoxy) is 2. The number of aliphatic carboxylic acids is 1. The van der Waals surface area contributed by atoms with Crippen molar-refractivity contribution in [1.82, 2.24) is 0 Å². The van der Waals surface area contributed by atoms with Gasteiger partial charge >= 0.3 is 5.97 Å². The molecule has 5 heteroatoms. The van der Waals surface area contributed by atoms with E-state index in [1.54, 1.807) is 12.1 Å². The zero-order valence-electron chi connectivity index (χ0n) is 7.07. The van der Waals surface area contributed by atoms with Gasteiger partial charge in [0.05, 0.1) is 0 Å². The molecular weight excluding hydrogens is 252 g/mol. The molecule has 0 fully saturated rings. The standard InChI is InChI=1S/C9H7BrO4/c10-5-1-2-6-7(3-5)14-8(4-13-6)9(11)12/h1-3,8H,4H2,(H,11,12). The summed E-state index contributed by atoms with van der Waals surface area (Å²) in [6.45, 7) is 0.0456. The van der Waals surface area contributed by atoms with E-state index in [1.807, 2.05) is 6.07 Å². The maximum atomic E-state index is 10.6. The van der Waals surface area contributed by atoms with Gasteiger partial charge in [0.25, 0.3) is 0 Å². The van der Waals surface area contributed by atoms with Crippen LogP contribution < -0.4 is 9.47 Å². The van der Waals surface area contributed by atoms with Crippen LogP contribution in [0, 0.1) is 0 Å². The van der Waals surface area contributed by atoms with E-state index in [0.29, 0.717) is 11.5 Å². The molecule has 0 amide bonds. The first-order valence-corrected chi connectivity index (χ1v) is 4.78. The second-order valence-corrected chi connectivity index (χ2v) is 3.76. The molecule has 1 N–H and O–H groups in total. The number of halogens is 1. The van der Waals surface area contributed by atoms with Crippen molar-refractivity contribution in [2.45, 2.75) is 6.10 Å². The summed E-state index contributed by atoms with van der Waals surface area (Å²) in [6, 6.07) is 5.23. The molecule has 14 heavy (non-hydrogen) atoms. The van der Waals surface area contributed by atoms with E-state index < -0.39 is 12.1 Å². The van der Waals surface area contributed by atoms with E-state index in [4.69, 9.17) is 14.6 Å². The number of carboxylic acids is 1. The van der Waals surface area contributed by atoms with Crippen molar-refractivity contribution < 1.29 is 19.4 Å². The molecule has 0 saturated heterocycles. The summed E-state index contributed by atoms with van der Waals surface area (Å²) >= 11 is 3.26. The molecular formula is C9H7BrO4. The molecule has 1 aromatic carbocycles. The minimum Gasteiger partial charge on any atom is -0.485 e. The van der Waals surface area contributed by atoms with Crippen molar-refractivity contribution in [2.75, 3.05) is 6.61 Å². The molecule has 0 bridgehead atoms. The van der Waals surface area contributed by atoms with Crippen molar-refractivity contribution >= 4 is 21.9 Å². The summed E-state index contributed by atoms with van der Waals surface area (Å²) in [5, 5.41) is 8.72. The highest BCUT2D eigenvalue weighted by Crippen LogP contribution is 2.34. The Morgan fingerprint density at radius 1 is 1.50 bits per heavy atom. The third-order valence-corrected chi connectivity index (χ3v) is 2.33. The molecule has 1 unspecified atom stereocenters. The van der Waals surface area contributed by atoms with Crippen molar-refractivity contribution in [2.24, 2.45) is 0 Å². The van der Waals surface area contributed by atoms with Gasteiger partial charge in [0.2, 0.25) is 6.10 Å². The summed E-state index contributed by atoms with van der Waals surface area (Å²) in [7, 11) is 0. The minimum absolute atomic E-state index is 0.0456. The van der Waals surface area contributed by atoms with E-state index in [0.717, 1.165) is 4.47 Å².